The van der Waals surface area contributed by atoms with Crippen LogP contribution in [0, 0.1) is 13.8 Å². The summed E-state index contributed by atoms with van der Waals surface area (Å²) in [5.41, 5.74) is 3.29. The number of carbonyl (C=O) groups excluding carboxylic acids is 1. The van der Waals surface area contributed by atoms with Crippen molar-refractivity contribution in [3.8, 4) is 0 Å². The Balaban J connectivity index is 1.74. The van der Waals surface area contributed by atoms with E-state index in [1.165, 1.54) is 22.2 Å². The fourth-order valence-electron chi connectivity index (χ4n) is 3.38. The van der Waals surface area contributed by atoms with Crippen molar-refractivity contribution in [2.45, 2.75) is 33.2 Å². The highest BCUT2D eigenvalue weighted by Gasteiger charge is 2.22. The van der Waals surface area contributed by atoms with E-state index in [1.54, 1.807) is 6.20 Å². The lowest BCUT2D eigenvalue weighted by atomic mass is 10.1. The van der Waals surface area contributed by atoms with Crippen LogP contribution >= 0.6 is 11.3 Å². The van der Waals surface area contributed by atoms with Gasteiger partial charge < -0.3 is 5.32 Å². The highest BCUT2D eigenvalue weighted by molar-refractivity contribution is 7.25. The van der Waals surface area contributed by atoms with Crippen molar-refractivity contribution >= 4 is 43.4 Å². The maximum Gasteiger partial charge on any atom is 0.272 e. The Morgan fingerprint density at radius 3 is 2.82 bits per heavy atom. The first-order chi connectivity index (χ1) is 13.5. The zero-order chi connectivity index (χ0) is 19.8. The summed E-state index contributed by atoms with van der Waals surface area (Å²) in [6.07, 6.45) is 3.65. The minimum atomic E-state index is -0.636. The Morgan fingerprint density at radius 2 is 2.07 bits per heavy atom. The number of carbonyl (C=O) groups is 1. The second-order valence-electron chi connectivity index (χ2n) is 6.82. The monoisotopic (exact) mass is 392 g/mol. The molecule has 3 heterocycles. The third-order valence-corrected chi connectivity index (χ3v) is 5.94. The van der Waals surface area contributed by atoms with Gasteiger partial charge in [-0.2, -0.15) is 0 Å². The molecule has 1 N–H and O–H groups in total. The van der Waals surface area contributed by atoms with E-state index in [9.17, 15) is 9.59 Å². The number of benzene rings is 1. The zero-order valence-corrected chi connectivity index (χ0v) is 16.7. The highest BCUT2D eigenvalue weighted by Crippen LogP contribution is 2.28. The van der Waals surface area contributed by atoms with E-state index in [-0.39, 0.29) is 11.5 Å². The van der Waals surface area contributed by atoms with Crippen molar-refractivity contribution in [3.05, 3.63) is 64.3 Å². The Labute approximate surface area is 165 Å². The molecule has 1 atom stereocenters. The topological polar surface area (TPSA) is 76.9 Å². The number of fused-ring (bicyclic) bond motifs is 3. The molecular weight excluding hydrogens is 372 g/mol. The fraction of sp³-hybridized carbons (Fsp3) is 0.238. The van der Waals surface area contributed by atoms with Crippen molar-refractivity contribution in [3.63, 3.8) is 0 Å². The summed E-state index contributed by atoms with van der Waals surface area (Å²) in [5, 5.41) is 3.81. The summed E-state index contributed by atoms with van der Waals surface area (Å²) >= 11 is 1.31. The SMILES string of the molecule is CC[C@H](C(=O)Nc1ccc(C)cc1C)n1cnc2c(sc3ncccc32)c1=O. The van der Waals surface area contributed by atoms with E-state index in [0.29, 0.717) is 16.6 Å². The van der Waals surface area contributed by atoms with Crippen LogP contribution < -0.4 is 10.9 Å². The molecule has 3 aromatic heterocycles. The lowest BCUT2D eigenvalue weighted by Gasteiger charge is -2.18. The van der Waals surface area contributed by atoms with Gasteiger partial charge in [0, 0.05) is 17.3 Å². The first kappa shape index (κ1) is 18.3. The van der Waals surface area contributed by atoms with Crippen molar-refractivity contribution < 1.29 is 4.79 Å². The molecule has 0 saturated carbocycles. The lowest BCUT2D eigenvalue weighted by molar-refractivity contribution is -0.119. The predicted octanol–water partition coefficient (Wildman–Crippen LogP) is 4.21. The quantitative estimate of drug-likeness (QED) is 0.564. The number of amides is 1. The Bertz CT molecular complexity index is 1260. The third-order valence-electron chi connectivity index (χ3n) is 4.84. The number of aromatic nitrogens is 3. The lowest BCUT2D eigenvalue weighted by Crippen LogP contribution is -2.33. The predicted molar refractivity (Wildman–Crippen MR) is 113 cm³/mol. The third kappa shape index (κ3) is 3.07. The van der Waals surface area contributed by atoms with Crippen LogP contribution in [0.5, 0.6) is 0 Å². The van der Waals surface area contributed by atoms with Crippen LogP contribution in [-0.4, -0.2) is 20.4 Å². The number of aryl methyl sites for hydroxylation is 2. The number of nitrogens with zero attached hydrogens (tertiary/aromatic N) is 3. The van der Waals surface area contributed by atoms with E-state index in [1.807, 2.05) is 51.1 Å². The molecular formula is C21H20N4O2S. The molecule has 4 rings (SSSR count). The first-order valence-electron chi connectivity index (χ1n) is 9.12. The van der Waals surface area contributed by atoms with Gasteiger partial charge in [0.15, 0.2) is 0 Å². The number of rotatable bonds is 4. The molecule has 0 aliphatic carbocycles. The van der Waals surface area contributed by atoms with Crippen LogP contribution in [0.25, 0.3) is 20.4 Å². The summed E-state index contributed by atoms with van der Waals surface area (Å²) in [6, 6.07) is 8.95. The molecule has 0 unspecified atom stereocenters. The van der Waals surface area contributed by atoms with Crippen LogP contribution in [0.3, 0.4) is 0 Å². The van der Waals surface area contributed by atoms with E-state index < -0.39 is 6.04 Å². The number of nitrogens with one attached hydrogen (secondary N) is 1. The molecule has 0 bridgehead atoms. The van der Waals surface area contributed by atoms with Gasteiger partial charge in [-0.15, -0.1) is 11.3 Å². The second-order valence-corrected chi connectivity index (χ2v) is 7.82. The maximum absolute atomic E-state index is 13.1. The number of thiophene rings is 1. The molecule has 4 aromatic rings. The molecule has 0 aliphatic heterocycles. The van der Waals surface area contributed by atoms with E-state index in [4.69, 9.17) is 0 Å². The van der Waals surface area contributed by atoms with Gasteiger partial charge in [0.2, 0.25) is 5.91 Å². The average Bonchev–Trinajstić information content (AvgIpc) is 3.06. The number of hydrogen-bond donors (Lipinski definition) is 1. The van der Waals surface area contributed by atoms with Crippen LogP contribution in [0.2, 0.25) is 0 Å². The fourth-order valence-corrected chi connectivity index (χ4v) is 4.42. The number of anilines is 1. The summed E-state index contributed by atoms with van der Waals surface area (Å²) in [4.78, 5) is 35.6. The van der Waals surface area contributed by atoms with Gasteiger partial charge in [-0.05, 0) is 44.0 Å². The van der Waals surface area contributed by atoms with Gasteiger partial charge in [-0.3, -0.25) is 14.2 Å². The van der Waals surface area contributed by atoms with E-state index >= 15 is 0 Å². The van der Waals surface area contributed by atoms with Gasteiger partial charge >= 0.3 is 0 Å². The largest absolute Gasteiger partial charge is 0.324 e. The summed E-state index contributed by atoms with van der Waals surface area (Å²) in [5.74, 6) is -0.225. The summed E-state index contributed by atoms with van der Waals surface area (Å²) < 4.78 is 1.95. The average molecular weight is 392 g/mol. The smallest absolute Gasteiger partial charge is 0.272 e. The molecule has 6 nitrogen and oxygen atoms in total. The van der Waals surface area contributed by atoms with Gasteiger partial charge in [0.05, 0.1) is 11.8 Å². The molecule has 1 amide bonds. The minimum Gasteiger partial charge on any atom is -0.324 e. The van der Waals surface area contributed by atoms with Crippen molar-refractivity contribution in [2.75, 3.05) is 5.32 Å². The summed E-state index contributed by atoms with van der Waals surface area (Å²) in [7, 11) is 0. The zero-order valence-electron chi connectivity index (χ0n) is 15.9. The van der Waals surface area contributed by atoms with Crippen LogP contribution in [0.15, 0.2) is 47.7 Å². The Hall–Kier alpha value is -3.06. The normalized spacial score (nSPS) is 12.4. The van der Waals surface area contributed by atoms with Crippen molar-refractivity contribution in [1.29, 1.82) is 0 Å². The molecule has 0 fully saturated rings. The van der Waals surface area contributed by atoms with Gasteiger partial charge in [-0.1, -0.05) is 24.6 Å². The Morgan fingerprint density at radius 1 is 1.25 bits per heavy atom. The molecule has 142 valence electrons. The first-order valence-corrected chi connectivity index (χ1v) is 9.93. The number of hydrogen-bond acceptors (Lipinski definition) is 5. The molecule has 7 heteroatoms. The molecule has 28 heavy (non-hydrogen) atoms. The van der Waals surface area contributed by atoms with Crippen molar-refractivity contribution in [2.24, 2.45) is 0 Å². The van der Waals surface area contributed by atoms with Crippen LogP contribution in [-0.2, 0) is 4.79 Å². The standard InChI is InChI=1S/C21H20N4O2S/c1-4-16(19(26)24-15-8-7-12(2)10-13(15)3)25-11-23-17-14-6-5-9-22-20(14)28-18(17)21(25)27/h5-11,16H,4H2,1-3H3,(H,24,26)/t16-/m1/s1. The van der Waals surface area contributed by atoms with E-state index in [2.05, 4.69) is 15.3 Å². The van der Waals surface area contributed by atoms with Crippen molar-refractivity contribution in [1.82, 2.24) is 14.5 Å². The second kappa shape index (κ2) is 7.16. The van der Waals surface area contributed by atoms with Crippen LogP contribution in [0.1, 0.15) is 30.5 Å². The van der Waals surface area contributed by atoms with Gasteiger partial charge in [0.1, 0.15) is 15.6 Å². The molecule has 0 aliphatic rings. The minimum absolute atomic E-state index is 0.212. The molecule has 0 spiro atoms. The van der Waals surface area contributed by atoms with Gasteiger partial charge in [-0.25, -0.2) is 9.97 Å². The molecule has 0 radical (unpaired) electrons. The van der Waals surface area contributed by atoms with E-state index in [0.717, 1.165) is 27.0 Å². The summed E-state index contributed by atoms with van der Waals surface area (Å²) in [6.45, 7) is 5.84. The maximum atomic E-state index is 13.1. The number of pyridine rings is 1. The highest BCUT2D eigenvalue weighted by atomic mass is 32.1. The molecule has 0 saturated heterocycles. The van der Waals surface area contributed by atoms with Crippen LogP contribution in [0.4, 0.5) is 5.69 Å². The molecule has 1 aromatic carbocycles. The Kier molecular flexibility index (Phi) is 4.68. The van der Waals surface area contributed by atoms with Gasteiger partial charge in [0.25, 0.3) is 5.56 Å².